The molecule has 4 heteroatoms. The number of hydrogen-bond acceptors (Lipinski definition) is 3. The Bertz CT molecular complexity index is 212. The Morgan fingerprint density at radius 2 is 1.94 bits per heavy atom. The molecule has 0 aromatic carbocycles. The number of nitrogens with one attached hydrogen (secondary N) is 1. The third-order valence-electron chi connectivity index (χ3n) is 2.72. The summed E-state index contributed by atoms with van der Waals surface area (Å²) in [5, 5.41) is 11.9. The topological polar surface area (TPSA) is 75.4 Å². The minimum absolute atomic E-state index is 0.0343. The number of aliphatic hydroxyl groups excluding tert-OH is 1. The van der Waals surface area contributed by atoms with E-state index in [2.05, 4.69) is 5.32 Å². The fraction of sp³-hybridized carbons (Fsp3) is 0.917. The molecule has 0 aromatic rings. The molecular formula is C12H26N2O2. The summed E-state index contributed by atoms with van der Waals surface area (Å²) in [7, 11) is 0. The first-order valence-electron chi connectivity index (χ1n) is 5.99. The van der Waals surface area contributed by atoms with Crippen molar-refractivity contribution in [3.8, 4) is 0 Å². The van der Waals surface area contributed by atoms with Crippen LogP contribution < -0.4 is 11.1 Å². The van der Waals surface area contributed by atoms with Crippen LogP contribution in [0.5, 0.6) is 0 Å². The van der Waals surface area contributed by atoms with Crippen LogP contribution in [-0.4, -0.2) is 29.7 Å². The largest absolute Gasteiger partial charge is 0.396 e. The predicted molar refractivity (Wildman–Crippen MR) is 66.0 cm³/mol. The number of nitrogens with two attached hydrogens (primary N) is 1. The van der Waals surface area contributed by atoms with Gasteiger partial charge in [0, 0.05) is 12.6 Å². The van der Waals surface area contributed by atoms with Gasteiger partial charge in [0.15, 0.2) is 0 Å². The van der Waals surface area contributed by atoms with E-state index in [1.807, 2.05) is 27.7 Å². The molecule has 96 valence electrons. The van der Waals surface area contributed by atoms with Crippen molar-refractivity contribution in [2.24, 2.45) is 11.1 Å². The predicted octanol–water partition coefficient (Wildman–Crippen LogP) is 1.03. The monoisotopic (exact) mass is 230 g/mol. The quantitative estimate of drug-likeness (QED) is 0.638. The van der Waals surface area contributed by atoms with Gasteiger partial charge in [0.1, 0.15) is 0 Å². The minimum atomic E-state index is -0.437. The molecular weight excluding hydrogens is 204 g/mol. The van der Waals surface area contributed by atoms with Crippen LogP contribution in [0, 0.1) is 5.41 Å². The van der Waals surface area contributed by atoms with Crippen LogP contribution in [0.4, 0.5) is 0 Å². The van der Waals surface area contributed by atoms with Gasteiger partial charge >= 0.3 is 0 Å². The van der Waals surface area contributed by atoms with Crippen LogP contribution in [0.3, 0.4) is 0 Å². The lowest BCUT2D eigenvalue weighted by Gasteiger charge is -2.32. The van der Waals surface area contributed by atoms with Crippen LogP contribution >= 0.6 is 0 Å². The molecule has 0 saturated heterocycles. The van der Waals surface area contributed by atoms with Crippen molar-refractivity contribution in [1.82, 2.24) is 5.32 Å². The Kier molecular flexibility index (Phi) is 6.60. The number of rotatable bonds is 6. The SMILES string of the molecule is CCCC(N)C(=O)NC(CCO)C(C)(C)C. The van der Waals surface area contributed by atoms with Crippen molar-refractivity contribution in [2.75, 3.05) is 6.61 Å². The molecule has 0 radical (unpaired) electrons. The van der Waals surface area contributed by atoms with E-state index >= 15 is 0 Å². The number of carbonyl (C=O) groups is 1. The average Bonchev–Trinajstić information content (AvgIpc) is 2.15. The van der Waals surface area contributed by atoms with E-state index in [1.165, 1.54) is 0 Å². The highest BCUT2D eigenvalue weighted by molar-refractivity contribution is 5.81. The Morgan fingerprint density at radius 1 is 1.38 bits per heavy atom. The van der Waals surface area contributed by atoms with Gasteiger partial charge in [-0.2, -0.15) is 0 Å². The van der Waals surface area contributed by atoms with Gasteiger partial charge in [-0.15, -0.1) is 0 Å². The smallest absolute Gasteiger partial charge is 0.237 e. The normalized spacial score (nSPS) is 15.6. The zero-order chi connectivity index (χ0) is 12.8. The van der Waals surface area contributed by atoms with Gasteiger partial charge in [-0.05, 0) is 18.3 Å². The molecule has 2 unspecified atom stereocenters. The summed E-state index contributed by atoms with van der Waals surface area (Å²) in [6.45, 7) is 8.20. The van der Waals surface area contributed by atoms with Gasteiger partial charge in [0.2, 0.25) is 5.91 Å². The van der Waals surface area contributed by atoms with Crippen LogP contribution in [0.2, 0.25) is 0 Å². The minimum Gasteiger partial charge on any atom is -0.396 e. The summed E-state index contributed by atoms with van der Waals surface area (Å²) in [6, 6.07) is -0.471. The molecule has 0 saturated carbocycles. The highest BCUT2D eigenvalue weighted by atomic mass is 16.3. The molecule has 4 nitrogen and oxygen atoms in total. The summed E-state index contributed by atoms with van der Waals surface area (Å²) >= 11 is 0. The number of hydrogen-bond donors (Lipinski definition) is 3. The van der Waals surface area contributed by atoms with Crippen molar-refractivity contribution in [3.63, 3.8) is 0 Å². The van der Waals surface area contributed by atoms with E-state index in [0.29, 0.717) is 12.8 Å². The molecule has 0 aliphatic rings. The molecule has 0 spiro atoms. The molecule has 0 aromatic heterocycles. The van der Waals surface area contributed by atoms with Crippen molar-refractivity contribution in [1.29, 1.82) is 0 Å². The maximum absolute atomic E-state index is 11.7. The van der Waals surface area contributed by atoms with Crippen molar-refractivity contribution >= 4 is 5.91 Å². The first kappa shape index (κ1) is 15.4. The number of aliphatic hydroxyl groups is 1. The van der Waals surface area contributed by atoms with E-state index in [0.717, 1.165) is 6.42 Å². The Morgan fingerprint density at radius 3 is 2.31 bits per heavy atom. The summed E-state index contributed by atoms with van der Waals surface area (Å²) in [5.74, 6) is -0.116. The summed E-state index contributed by atoms with van der Waals surface area (Å²) < 4.78 is 0. The summed E-state index contributed by atoms with van der Waals surface area (Å²) in [4.78, 5) is 11.7. The summed E-state index contributed by atoms with van der Waals surface area (Å²) in [5.41, 5.74) is 5.68. The second-order valence-corrected chi connectivity index (χ2v) is 5.33. The molecule has 0 fully saturated rings. The summed E-state index contributed by atoms with van der Waals surface area (Å²) in [6.07, 6.45) is 2.16. The van der Waals surface area contributed by atoms with E-state index in [1.54, 1.807) is 0 Å². The third kappa shape index (κ3) is 5.47. The standard InChI is InChI=1S/C12H26N2O2/c1-5-6-9(13)11(16)14-10(7-8-15)12(2,3)4/h9-10,15H,5-8,13H2,1-4H3,(H,14,16). The van der Waals surface area contributed by atoms with Crippen LogP contribution in [0.15, 0.2) is 0 Å². The van der Waals surface area contributed by atoms with Crippen LogP contribution in [0.1, 0.15) is 47.0 Å². The third-order valence-corrected chi connectivity index (χ3v) is 2.72. The molecule has 0 aliphatic carbocycles. The van der Waals surface area contributed by atoms with Gasteiger partial charge in [0.25, 0.3) is 0 Å². The number of carbonyl (C=O) groups excluding carboxylic acids is 1. The molecule has 4 N–H and O–H groups in total. The van der Waals surface area contributed by atoms with E-state index < -0.39 is 6.04 Å². The number of amides is 1. The van der Waals surface area contributed by atoms with Gasteiger partial charge in [-0.3, -0.25) is 4.79 Å². The lowest BCUT2D eigenvalue weighted by atomic mass is 9.84. The first-order chi connectivity index (χ1) is 7.32. The van der Waals surface area contributed by atoms with Gasteiger partial charge in [-0.25, -0.2) is 0 Å². The van der Waals surface area contributed by atoms with E-state index in [-0.39, 0.29) is 24.0 Å². The lowest BCUT2D eigenvalue weighted by molar-refractivity contribution is -0.124. The zero-order valence-electron chi connectivity index (χ0n) is 10.9. The first-order valence-corrected chi connectivity index (χ1v) is 5.99. The lowest BCUT2D eigenvalue weighted by Crippen LogP contribution is -2.50. The second-order valence-electron chi connectivity index (χ2n) is 5.33. The van der Waals surface area contributed by atoms with Crippen molar-refractivity contribution in [3.05, 3.63) is 0 Å². The molecule has 2 atom stereocenters. The molecule has 0 rings (SSSR count). The fourth-order valence-electron chi connectivity index (χ4n) is 1.57. The van der Waals surface area contributed by atoms with Crippen LogP contribution in [0.25, 0.3) is 0 Å². The Hall–Kier alpha value is -0.610. The fourth-order valence-corrected chi connectivity index (χ4v) is 1.57. The molecule has 16 heavy (non-hydrogen) atoms. The average molecular weight is 230 g/mol. The zero-order valence-corrected chi connectivity index (χ0v) is 10.9. The highest BCUT2D eigenvalue weighted by Gasteiger charge is 2.27. The Labute approximate surface area is 98.6 Å². The molecule has 1 amide bonds. The molecule has 0 aliphatic heterocycles. The van der Waals surface area contributed by atoms with Crippen molar-refractivity contribution < 1.29 is 9.90 Å². The van der Waals surface area contributed by atoms with Gasteiger partial charge in [0.05, 0.1) is 6.04 Å². The molecule has 0 bridgehead atoms. The van der Waals surface area contributed by atoms with E-state index in [4.69, 9.17) is 10.8 Å². The van der Waals surface area contributed by atoms with Crippen LogP contribution in [-0.2, 0) is 4.79 Å². The molecule has 0 heterocycles. The maximum Gasteiger partial charge on any atom is 0.237 e. The van der Waals surface area contributed by atoms with Crippen molar-refractivity contribution in [2.45, 2.75) is 59.0 Å². The van der Waals surface area contributed by atoms with Gasteiger partial charge in [-0.1, -0.05) is 34.1 Å². The van der Waals surface area contributed by atoms with Gasteiger partial charge < -0.3 is 16.2 Å². The second kappa shape index (κ2) is 6.86. The Balaban J connectivity index is 4.34. The maximum atomic E-state index is 11.7. The van der Waals surface area contributed by atoms with E-state index in [9.17, 15) is 4.79 Å². The highest BCUT2D eigenvalue weighted by Crippen LogP contribution is 2.21.